The molecule has 122 valence electrons. The van der Waals surface area contributed by atoms with Crippen LogP contribution in [0.5, 0.6) is 0 Å². The standard InChI is InChI=1S/C15H28N2O3S/c1-21-11-7-3-6-10-16-14(20)17-15(12-13(18)19)8-4-2-5-9-15/h2-12H2,1H3,(H,18,19)(H2,16,17,20). The second kappa shape index (κ2) is 9.92. The Hall–Kier alpha value is -0.910. The van der Waals surface area contributed by atoms with Crippen molar-refractivity contribution in [2.75, 3.05) is 18.6 Å². The number of aliphatic carboxylic acids is 1. The number of carbonyl (C=O) groups excluding carboxylic acids is 1. The molecule has 0 heterocycles. The van der Waals surface area contributed by atoms with E-state index in [-0.39, 0.29) is 12.5 Å². The van der Waals surface area contributed by atoms with Crippen molar-refractivity contribution in [2.45, 2.75) is 63.3 Å². The molecular weight excluding hydrogens is 288 g/mol. The molecular formula is C15H28N2O3S. The van der Waals surface area contributed by atoms with Gasteiger partial charge in [-0.3, -0.25) is 4.79 Å². The van der Waals surface area contributed by atoms with Crippen LogP contribution in [0.25, 0.3) is 0 Å². The molecule has 0 spiro atoms. The molecule has 0 radical (unpaired) electrons. The second-order valence-corrected chi connectivity index (χ2v) is 6.83. The van der Waals surface area contributed by atoms with Crippen LogP contribution < -0.4 is 10.6 Å². The average molecular weight is 316 g/mol. The molecule has 1 aliphatic rings. The van der Waals surface area contributed by atoms with Crippen LogP contribution in [0.3, 0.4) is 0 Å². The topological polar surface area (TPSA) is 78.4 Å². The Morgan fingerprint density at radius 1 is 1.14 bits per heavy atom. The van der Waals surface area contributed by atoms with E-state index in [0.717, 1.165) is 50.7 Å². The van der Waals surface area contributed by atoms with Crippen LogP contribution >= 0.6 is 11.8 Å². The predicted octanol–water partition coefficient (Wildman–Crippen LogP) is 3.00. The fourth-order valence-electron chi connectivity index (χ4n) is 2.90. The molecule has 0 unspecified atom stereocenters. The van der Waals surface area contributed by atoms with Crippen molar-refractivity contribution in [1.82, 2.24) is 10.6 Å². The van der Waals surface area contributed by atoms with E-state index in [9.17, 15) is 9.59 Å². The number of hydrogen-bond acceptors (Lipinski definition) is 3. The maximum absolute atomic E-state index is 12.0. The Bertz CT molecular complexity index is 331. The Balaban J connectivity index is 2.30. The van der Waals surface area contributed by atoms with Gasteiger partial charge < -0.3 is 15.7 Å². The third-order valence-corrected chi connectivity index (χ3v) is 4.69. The molecule has 0 aromatic rings. The van der Waals surface area contributed by atoms with Crippen LogP contribution in [0.15, 0.2) is 0 Å². The summed E-state index contributed by atoms with van der Waals surface area (Å²) in [7, 11) is 0. The maximum atomic E-state index is 12.0. The number of nitrogens with one attached hydrogen (secondary N) is 2. The van der Waals surface area contributed by atoms with E-state index in [0.29, 0.717) is 6.54 Å². The molecule has 6 heteroatoms. The highest BCUT2D eigenvalue weighted by Gasteiger charge is 2.35. The van der Waals surface area contributed by atoms with Crippen LogP contribution in [-0.2, 0) is 4.79 Å². The van der Waals surface area contributed by atoms with Gasteiger partial charge in [0.25, 0.3) is 0 Å². The summed E-state index contributed by atoms with van der Waals surface area (Å²) >= 11 is 1.84. The fraction of sp³-hybridized carbons (Fsp3) is 0.867. The molecule has 2 amide bonds. The largest absolute Gasteiger partial charge is 0.481 e. The zero-order valence-electron chi connectivity index (χ0n) is 13.0. The summed E-state index contributed by atoms with van der Waals surface area (Å²) in [4.78, 5) is 23.0. The molecule has 0 bridgehead atoms. The van der Waals surface area contributed by atoms with Crippen molar-refractivity contribution in [3.63, 3.8) is 0 Å². The number of carboxylic acids is 1. The van der Waals surface area contributed by atoms with Gasteiger partial charge in [-0.2, -0.15) is 11.8 Å². The lowest BCUT2D eigenvalue weighted by atomic mass is 9.79. The number of rotatable bonds is 9. The average Bonchev–Trinajstić information content (AvgIpc) is 2.42. The molecule has 21 heavy (non-hydrogen) atoms. The van der Waals surface area contributed by atoms with Crippen molar-refractivity contribution < 1.29 is 14.7 Å². The van der Waals surface area contributed by atoms with Gasteiger partial charge in [-0.05, 0) is 37.7 Å². The van der Waals surface area contributed by atoms with Crippen LogP contribution in [0.1, 0.15) is 57.8 Å². The quantitative estimate of drug-likeness (QED) is 0.571. The van der Waals surface area contributed by atoms with Crippen molar-refractivity contribution >= 4 is 23.8 Å². The lowest BCUT2D eigenvalue weighted by Crippen LogP contribution is -2.54. The van der Waals surface area contributed by atoms with Gasteiger partial charge in [-0.15, -0.1) is 0 Å². The third kappa shape index (κ3) is 7.60. The normalized spacial score (nSPS) is 17.2. The molecule has 3 N–H and O–H groups in total. The first-order chi connectivity index (χ1) is 10.1. The zero-order chi connectivity index (χ0) is 15.6. The number of unbranched alkanes of at least 4 members (excludes halogenated alkanes) is 2. The van der Waals surface area contributed by atoms with Gasteiger partial charge in [0.1, 0.15) is 0 Å². The molecule has 1 aliphatic carbocycles. The lowest BCUT2D eigenvalue weighted by molar-refractivity contribution is -0.139. The van der Waals surface area contributed by atoms with Gasteiger partial charge in [0.2, 0.25) is 0 Å². The maximum Gasteiger partial charge on any atom is 0.315 e. The van der Waals surface area contributed by atoms with E-state index < -0.39 is 11.5 Å². The Labute approximate surface area is 131 Å². The molecule has 1 saturated carbocycles. The van der Waals surface area contributed by atoms with Crippen LogP contribution in [-0.4, -0.2) is 41.2 Å². The fourth-order valence-corrected chi connectivity index (χ4v) is 3.39. The minimum Gasteiger partial charge on any atom is -0.481 e. The predicted molar refractivity (Wildman–Crippen MR) is 86.8 cm³/mol. The van der Waals surface area contributed by atoms with E-state index in [4.69, 9.17) is 5.11 Å². The van der Waals surface area contributed by atoms with Gasteiger partial charge in [0.05, 0.1) is 12.0 Å². The number of carboxylic acid groups (broad SMARTS) is 1. The first kappa shape index (κ1) is 18.1. The van der Waals surface area contributed by atoms with Crippen LogP contribution in [0.2, 0.25) is 0 Å². The minimum absolute atomic E-state index is 0.0220. The minimum atomic E-state index is -0.839. The molecule has 1 rings (SSSR count). The summed E-state index contributed by atoms with van der Waals surface area (Å²) in [6.45, 7) is 0.656. The van der Waals surface area contributed by atoms with E-state index in [2.05, 4.69) is 16.9 Å². The van der Waals surface area contributed by atoms with Gasteiger partial charge >= 0.3 is 12.0 Å². The smallest absolute Gasteiger partial charge is 0.315 e. The summed E-state index contributed by atoms with van der Waals surface area (Å²) in [5.41, 5.74) is -0.549. The first-order valence-electron chi connectivity index (χ1n) is 7.85. The van der Waals surface area contributed by atoms with E-state index in [1.165, 1.54) is 6.42 Å². The monoisotopic (exact) mass is 316 g/mol. The third-order valence-electron chi connectivity index (χ3n) is 3.99. The summed E-state index contributed by atoms with van der Waals surface area (Å²) in [6, 6.07) is -0.219. The summed E-state index contributed by atoms with van der Waals surface area (Å²) in [5, 5.41) is 14.9. The van der Waals surface area contributed by atoms with E-state index >= 15 is 0 Å². The van der Waals surface area contributed by atoms with Crippen molar-refractivity contribution in [3.05, 3.63) is 0 Å². The van der Waals surface area contributed by atoms with Gasteiger partial charge in [0.15, 0.2) is 0 Å². The molecule has 5 nitrogen and oxygen atoms in total. The van der Waals surface area contributed by atoms with Crippen molar-refractivity contribution in [3.8, 4) is 0 Å². The van der Waals surface area contributed by atoms with E-state index in [1.54, 1.807) is 0 Å². The number of hydrogen-bond donors (Lipinski definition) is 3. The Morgan fingerprint density at radius 3 is 2.48 bits per heavy atom. The second-order valence-electron chi connectivity index (χ2n) is 5.85. The highest BCUT2D eigenvalue weighted by Crippen LogP contribution is 2.31. The van der Waals surface area contributed by atoms with Gasteiger partial charge in [-0.1, -0.05) is 25.7 Å². The first-order valence-corrected chi connectivity index (χ1v) is 9.24. The highest BCUT2D eigenvalue weighted by atomic mass is 32.2. The molecule has 0 saturated heterocycles. The molecule has 0 atom stereocenters. The summed E-state index contributed by atoms with van der Waals surface area (Å²) < 4.78 is 0. The Kier molecular flexibility index (Phi) is 8.57. The number of carbonyl (C=O) groups is 2. The van der Waals surface area contributed by atoms with Gasteiger partial charge in [-0.25, -0.2) is 4.79 Å². The van der Waals surface area contributed by atoms with E-state index in [1.807, 2.05) is 11.8 Å². The zero-order valence-corrected chi connectivity index (χ0v) is 13.8. The highest BCUT2D eigenvalue weighted by molar-refractivity contribution is 7.98. The number of thioether (sulfide) groups is 1. The molecule has 0 aliphatic heterocycles. The van der Waals surface area contributed by atoms with Crippen molar-refractivity contribution in [2.24, 2.45) is 0 Å². The molecule has 0 aromatic carbocycles. The molecule has 1 fully saturated rings. The summed E-state index contributed by atoms with van der Waals surface area (Å²) in [5.74, 6) is 0.322. The summed E-state index contributed by atoms with van der Waals surface area (Å²) in [6.07, 6.45) is 10.0. The lowest BCUT2D eigenvalue weighted by Gasteiger charge is -2.36. The van der Waals surface area contributed by atoms with Crippen LogP contribution in [0, 0.1) is 0 Å². The van der Waals surface area contributed by atoms with Gasteiger partial charge in [0, 0.05) is 6.54 Å². The number of urea groups is 1. The SMILES string of the molecule is CSCCCCCNC(=O)NC1(CC(=O)O)CCCCC1. The number of amides is 2. The van der Waals surface area contributed by atoms with Crippen LogP contribution in [0.4, 0.5) is 4.79 Å². The van der Waals surface area contributed by atoms with Crippen molar-refractivity contribution in [1.29, 1.82) is 0 Å². The Morgan fingerprint density at radius 2 is 1.86 bits per heavy atom. The molecule has 0 aromatic heterocycles.